The molecule has 137 heavy (non-hydrogen) atoms. The van der Waals surface area contributed by atoms with Gasteiger partial charge in [0, 0.05) is 145 Å². The molecule has 8 fully saturated rings. The lowest BCUT2D eigenvalue weighted by atomic mass is 9.89. The van der Waals surface area contributed by atoms with E-state index in [0.29, 0.717) is 98.3 Å². The van der Waals surface area contributed by atoms with E-state index in [4.69, 9.17) is 9.47 Å². The zero-order valence-electron chi connectivity index (χ0n) is 80.6. The lowest BCUT2D eigenvalue weighted by Crippen LogP contribution is -2.50. The van der Waals surface area contributed by atoms with Gasteiger partial charge >= 0.3 is 0 Å². The first kappa shape index (κ1) is 104. The Morgan fingerprint density at radius 2 is 0.781 bits per heavy atom. The highest BCUT2D eigenvalue weighted by atomic mass is 32.1. The number of aliphatic hydroxyl groups is 3. The number of likely N-dealkylation sites (tertiary alicyclic amines) is 4. The predicted molar refractivity (Wildman–Crippen MR) is 521 cm³/mol. The second kappa shape index (κ2) is 45.2. The molecule has 33 nitrogen and oxygen atoms in total. The highest BCUT2D eigenvalue weighted by Crippen LogP contribution is 2.44. The van der Waals surface area contributed by atoms with E-state index in [0.717, 1.165) is 139 Å². The van der Waals surface area contributed by atoms with Crippen LogP contribution in [0, 0.1) is 13.8 Å². The van der Waals surface area contributed by atoms with Gasteiger partial charge in [0.15, 0.2) is 20.0 Å². The van der Waals surface area contributed by atoms with Crippen molar-refractivity contribution in [3.05, 3.63) is 114 Å². The van der Waals surface area contributed by atoms with Crippen LogP contribution < -0.4 is 37.2 Å². The third-order valence-corrected chi connectivity index (χ3v) is 29.7. The topological polar surface area (TPSA) is 419 Å². The minimum absolute atomic E-state index is 0.00332. The van der Waals surface area contributed by atoms with E-state index < -0.39 is 66.5 Å². The lowest BCUT2D eigenvalue weighted by Gasteiger charge is -2.32. The fourth-order valence-corrected chi connectivity index (χ4v) is 21.6. The maximum Gasteiger partial charge on any atom is 0.283 e. The van der Waals surface area contributed by atoms with E-state index in [9.17, 15) is 71.2 Å². The van der Waals surface area contributed by atoms with Crippen molar-refractivity contribution >= 4 is 116 Å². The summed E-state index contributed by atoms with van der Waals surface area (Å²) in [6.07, 6.45) is 10.2. The Hall–Kier alpha value is -10.4. The highest BCUT2D eigenvalue weighted by molar-refractivity contribution is 7.18. The Labute approximate surface area is 812 Å². The molecule has 742 valence electrons. The number of alkyl halides is 4. The maximum atomic E-state index is 14.2. The van der Waals surface area contributed by atoms with Crippen LogP contribution in [0.15, 0.2) is 49.1 Å². The largest absolute Gasteiger partial charge is 0.391 e. The molecule has 2 saturated carbocycles. The van der Waals surface area contributed by atoms with E-state index in [2.05, 4.69) is 97.9 Å². The summed E-state index contributed by atoms with van der Waals surface area (Å²) in [6.45, 7) is 36.5. The molecule has 6 saturated heterocycles. The number of rotatable bonds is 24. The first-order valence-electron chi connectivity index (χ1n) is 47.3. The molecule has 8 aromatic heterocycles. The molecule has 0 unspecified atom stereocenters. The standard InChI is InChI=1S/C25H33F2N5O3S.C24H31F2N5O4S.C24H33N5O3S.C23H31N5O3S/c1-13-7-6-10-32(13)24(35)19-20(36-23(30-19)22(34)29-16-8-5-9-17(16)33)15-12-28-18(31-25(2,3)4)11-14(15)21(26)27;1-12-6-5-7-31(12)23(34)18-19(36-22(29-18)21(33)28-15-10-35-11-16(15)32)14-9-27-17(30-24(2,3)4)8-13(14)20(25)26;1-5-16(3)26-19-13-15(2)18(14-25-19)21-20(23(30)29-8-6-7-17(29)4)27-22(33-21)24(31)28-9-11-32-12-10-28;1-12(2)25-18-10-13(3)15(11-24-18)20-19(23(31)28-9-5-6-14(28)4)27-22(32-20)21(30)26-16-7-8-17(16)29/h11-13,16-17,21,33H,5-10H2,1-4H3,(H,28,31)(H,29,34);8-9,12,15-16,20,32H,5-7,10-11H2,1-4H3,(H,27,30)(H,28,33);13-14,16-17H,5-12H2,1-4H3,(H,25,26);10-12,14,16-17,29H,5-9H2,1-4H3,(H,24,25)(H,26,30)/t13-,16-,17-;12-,15-,16-;16-,17+;14-,16+,17-/m0010/s1. The summed E-state index contributed by atoms with van der Waals surface area (Å²) in [5, 5.41) is 51.6. The molecule has 8 aromatic rings. The van der Waals surface area contributed by atoms with Gasteiger partial charge in [-0.05, 0) is 229 Å². The Morgan fingerprint density at radius 3 is 1.10 bits per heavy atom. The molecule has 8 aliphatic rings. The van der Waals surface area contributed by atoms with Gasteiger partial charge in [0.25, 0.3) is 60.1 Å². The van der Waals surface area contributed by atoms with Gasteiger partial charge < -0.3 is 86.5 Å². The summed E-state index contributed by atoms with van der Waals surface area (Å²) < 4.78 is 67.4. The van der Waals surface area contributed by atoms with Crippen molar-refractivity contribution in [1.29, 1.82) is 0 Å². The third kappa shape index (κ3) is 25.4. The van der Waals surface area contributed by atoms with Crippen molar-refractivity contribution < 1.29 is 80.7 Å². The number of aryl methyl sites for hydroxylation is 2. The van der Waals surface area contributed by atoms with Gasteiger partial charge in [-0.1, -0.05) is 6.92 Å². The summed E-state index contributed by atoms with van der Waals surface area (Å²) in [4.78, 5) is 152. The molecule has 14 heterocycles. The molecular formula is C96H128F4N20O13S4. The lowest BCUT2D eigenvalue weighted by molar-refractivity contribution is 0.0302. The summed E-state index contributed by atoms with van der Waals surface area (Å²) in [5.41, 5.74) is 2.93. The smallest absolute Gasteiger partial charge is 0.283 e. The average Bonchev–Trinajstić information content (AvgIpc) is 1.67. The van der Waals surface area contributed by atoms with Crippen LogP contribution in [0.25, 0.3) is 41.8 Å². The van der Waals surface area contributed by atoms with Gasteiger partial charge in [0.1, 0.15) is 46.0 Å². The zero-order chi connectivity index (χ0) is 98.9. The number of carbonyl (C=O) groups excluding carboxylic acids is 8. The van der Waals surface area contributed by atoms with Crippen molar-refractivity contribution in [2.45, 2.75) is 297 Å². The number of ether oxygens (including phenoxy) is 2. The normalized spacial score (nSPS) is 21.8. The molecular weight excluding hydrogens is 1850 g/mol. The molecule has 11 atom stereocenters. The van der Waals surface area contributed by atoms with Gasteiger partial charge in [-0.25, -0.2) is 57.4 Å². The van der Waals surface area contributed by atoms with Crippen molar-refractivity contribution in [3.8, 4) is 41.8 Å². The number of nitrogens with one attached hydrogen (secondary N) is 7. The minimum Gasteiger partial charge on any atom is -0.391 e. The Balaban J connectivity index is 0.000000155. The molecule has 0 bridgehead atoms. The number of amides is 8. The van der Waals surface area contributed by atoms with Gasteiger partial charge in [0.2, 0.25) is 0 Å². The van der Waals surface area contributed by atoms with Crippen LogP contribution in [-0.4, -0.2) is 276 Å². The van der Waals surface area contributed by atoms with Crippen LogP contribution in [0.5, 0.6) is 0 Å². The highest BCUT2D eigenvalue weighted by Gasteiger charge is 2.42. The van der Waals surface area contributed by atoms with Crippen LogP contribution in [-0.2, 0) is 9.47 Å². The second-order valence-corrected chi connectivity index (χ2v) is 42.8. The molecule has 0 spiro atoms. The van der Waals surface area contributed by atoms with Gasteiger partial charge in [-0.3, -0.25) is 38.4 Å². The van der Waals surface area contributed by atoms with E-state index >= 15 is 0 Å². The van der Waals surface area contributed by atoms with Crippen molar-refractivity contribution in [2.24, 2.45) is 0 Å². The van der Waals surface area contributed by atoms with E-state index in [1.165, 1.54) is 47.2 Å². The van der Waals surface area contributed by atoms with Crippen LogP contribution in [0.1, 0.15) is 303 Å². The monoisotopic (exact) mass is 1970 g/mol. The van der Waals surface area contributed by atoms with Gasteiger partial charge in [-0.15, -0.1) is 45.3 Å². The molecule has 2 aliphatic carbocycles. The number of pyridine rings is 4. The van der Waals surface area contributed by atoms with Crippen molar-refractivity contribution in [1.82, 2.24) is 80.3 Å². The molecule has 8 amide bonds. The molecule has 16 rings (SSSR count). The van der Waals surface area contributed by atoms with Crippen molar-refractivity contribution in [2.75, 3.05) is 87.0 Å². The number of anilines is 4. The number of morpholine rings is 1. The SMILES string of the molecule is CC[C@@H](C)Nc1cc(C)c(-c2sc(C(=O)N3CCOCC3)nc2C(=O)N2CCC[C@@H]2C)cn1.C[C@H]1CCCN1C(=O)c1nc(C(=O)N[C@H]2CCC[C@@H]2O)sc1-c1cnc(NC(C)(C)C)cc1C(F)F.C[C@H]1CCCN1C(=O)c1nc(C(=O)N[C@H]2COC[C@@H]2O)sc1-c1cnc(NC(C)(C)C)cc1C(F)F.Cc1cc(NC(C)C)ncc1-c1sc(C(=O)N[C@@H]2CC[C@@H]2O)nc1C(=O)N1CCC[C@@H]1C. The number of nitrogens with zero attached hydrogens (tertiary/aromatic N) is 13. The maximum absolute atomic E-state index is 14.2. The number of aromatic nitrogens is 8. The second-order valence-electron chi connectivity index (χ2n) is 38.8. The summed E-state index contributed by atoms with van der Waals surface area (Å²) in [5.74, 6) is -0.530. The number of carbonyl (C=O) groups is 8. The molecule has 10 N–H and O–H groups in total. The minimum atomic E-state index is -2.85. The van der Waals surface area contributed by atoms with Crippen LogP contribution in [0.3, 0.4) is 0 Å². The fraction of sp³-hybridized carbons (Fsp3) is 0.583. The molecule has 6 aliphatic heterocycles. The van der Waals surface area contributed by atoms with Gasteiger partial charge in [-0.2, -0.15) is 0 Å². The predicted octanol–water partition coefficient (Wildman–Crippen LogP) is 15.1. The Morgan fingerprint density at radius 1 is 0.423 bits per heavy atom. The van der Waals surface area contributed by atoms with E-state index in [1.54, 1.807) is 27.1 Å². The number of hydrogen-bond donors (Lipinski definition) is 10. The molecule has 0 radical (unpaired) electrons. The molecule has 0 aromatic carbocycles. The Bertz CT molecular complexity index is 5490. The average molecular weight is 1970 g/mol. The van der Waals surface area contributed by atoms with Crippen molar-refractivity contribution in [3.63, 3.8) is 0 Å². The first-order valence-corrected chi connectivity index (χ1v) is 50.6. The fourth-order valence-electron chi connectivity index (χ4n) is 17.5. The summed E-state index contributed by atoms with van der Waals surface area (Å²) >= 11 is 4.25. The Kier molecular flexibility index (Phi) is 34.3. The summed E-state index contributed by atoms with van der Waals surface area (Å²) in [6, 6.07) is 6.08. The van der Waals surface area contributed by atoms with Crippen LogP contribution in [0.4, 0.5) is 40.8 Å². The van der Waals surface area contributed by atoms with E-state index in [1.807, 2.05) is 112 Å². The first-order chi connectivity index (χ1) is 65.0. The van der Waals surface area contributed by atoms with Crippen LogP contribution >= 0.6 is 45.3 Å². The van der Waals surface area contributed by atoms with E-state index in [-0.39, 0.29) is 149 Å². The number of thiazole rings is 4. The third-order valence-electron chi connectivity index (χ3n) is 25.3. The number of halogens is 4. The van der Waals surface area contributed by atoms with Gasteiger partial charge in [0.05, 0.1) is 82.4 Å². The van der Waals surface area contributed by atoms with Crippen LogP contribution in [0.2, 0.25) is 0 Å². The molecule has 41 heteroatoms. The number of aliphatic hydroxyl groups excluding tert-OH is 3. The zero-order valence-corrected chi connectivity index (χ0v) is 83.8. The number of hydrogen-bond acceptors (Lipinski definition) is 29. The summed E-state index contributed by atoms with van der Waals surface area (Å²) in [7, 11) is 0. The quantitative estimate of drug-likeness (QED) is 0.0251.